The van der Waals surface area contributed by atoms with Gasteiger partial charge in [0.15, 0.2) is 0 Å². The van der Waals surface area contributed by atoms with E-state index in [1.54, 1.807) is 7.11 Å². The number of ether oxygens (including phenoxy) is 3. The van der Waals surface area contributed by atoms with E-state index >= 15 is 0 Å². The number of hydrogen-bond acceptors (Lipinski definition) is 4. The lowest BCUT2D eigenvalue weighted by atomic mass is 10.1. The Kier molecular flexibility index (Phi) is 5.31. The SMILES string of the molecule is COCC(N)COCC1CCOC1. The third kappa shape index (κ3) is 4.57. The fourth-order valence-electron chi connectivity index (χ4n) is 1.36. The van der Waals surface area contributed by atoms with Gasteiger partial charge in [-0.05, 0) is 6.42 Å². The minimum atomic E-state index is -0.00711. The predicted octanol–water partition coefficient (Wildman–Crippen LogP) is 0.0132. The van der Waals surface area contributed by atoms with Crippen LogP contribution in [0.2, 0.25) is 0 Å². The van der Waals surface area contributed by atoms with Crippen molar-refractivity contribution in [1.29, 1.82) is 0 Å². The Morgan fingerprint density at radius 1 is 1.54 bits per heavy atom. The van der Waals surface area contributed by atoms with E-state index in [1.165, 1.54) is 0 Å². The first-order valence-corrected chi connectivity index (χ1v) is 4.73. The molecule has 2 N–H and O–H groups in total. The van der Waals surface area contributed by atoms with Crippen LogP contribution in [0.4, 0.5) is 0 Å². The fourth-order valence-corrected chi connectivity index (χ4v) is 1.36. The minimum absolute atomic E-state index is 0.00711. The van der Waals surface area contributed by atoms with Crippen molar-refractivity contribution >= 4 is 0 Å². The van der Waals surface area contributed by atoms with Crippen molar-refractivity contribution in [3.05, 3.63) is 0 Å². The number of nitrogens with two attached hydrogens (primary N) is 1. The molecule has 1 saturated heterocycles. The molecule has 4 nitrogen and oxygen atoms in total. The normalized spacial score (nSPS) is 24.9. The highest BCUT2D eigenvalue weighted by Crippen LogP contribution is 2.12. The molecular formula is C9H19NO3. The third-order valence-electron chi connectivity index (χ3n) is 2.09. The second-order valence-corrected chi connectivity index (χ2v) is 3.48. The maximum atomic E-state index is 5.69. The van der Waals surface area contributed by atoms with Crippen molar-refractivity contribution in [3.63, 3.8) is 0 Å². The van der Waals surface area contributed by atoms with Crippen LogP contribution in [0, 0.1) is 5.92 Å². The van der Waals surface area contributed by atoms with Crippen LogP contribution in [0.3, 0.4) is 0 Å². The molecular weight excluding hydrogens is 170 g/mol. The van der Waals surface area contributed by atoms with Gasteiger partial charge in [-0.1, -0.05) is 0 Å². The third-order valence-corrected chi connectivity index (χ3v) is 2.09. The Morgan fingerprint density at radius 2 is 2.38 bits per heavy atom. The van der Waals surface area contributed by atoms with Gasteiger partial charge in [0.25, 0.3) is 0 Å². The first-order chi connectivity index (χ1) is 6.33. The molecule has 1 heterocycles. The zero-order chi connectivity index (χ0) is 9.52. The van der Waals surface area contributed by atoms with Gasteiger partial charge in [0.2, 0.25) is 0 Å². The van der Waals surface area contributed by atoms with E-state index < -0.39 is 0 Å². The standard InChI is InChI=1S/C9H19NO3/c1-11-6-9(10)7-13-5-8-2-3-12-4-8/h8-9H,2-7,10H2,1H3. The lowest BCUT2D eigenvalue weighted by molar-refractivity contribution is 0.0613. The Balaban J connectivity index is 1.93. The monoisotopic (exact) mass is 189 g/mol. The highest BCUT2D eigenvalue weighted by atomic mass is 16.5. The number of methoxy groups -OCH3 is 1. The van der Waals surface area contributed by atoms with Crippen molar-refractivity contribution < 1.29 is 14.2 Å². The van der Waals surface area contributed by atoms with Crippen LogP contribution in [0.5, 0.6) is 0 Å². The number of rotatable bonds is 6. The van der Waals surface area contributed by atoms with E-state index in [4.69, 9.17) is 19.9 Å². The average molecular weight is 189 g/mol. The molecule has 78 valence electrons. The van der Waals surface area contributed by atoms with Crippen molar-refractivity contribution in [3.8, 4) is 0 Å². The second kappa shape index (κ2) is 6.32. The van der Waals surface area contributed by atoms with Crippen LogP contribution in [0.25, 0.3) is 0 Å². The Labute approximate surface area is 79.3 Å². The summed E-state index contributed by atoms with van der Waals surface area (Å²) in [5.41, 5.74) is 5.69. The van der Waals surface area contributed by atoms with Crippen molar-refractivity contribution in [1.82, 2.24) is 0 Å². The molecule has 0 bridgehead atoms. The number of hydrogen-bond donors (Lipinski definition) is 1. The smallest absolute Gasteiger partial charge is 0.0640 e. The Bertz CT molecular complexity index is 126. The first kappa shape index (κ1) is 10.9. The van der Waals surface area contributed by atoms with Gasteiger partial charge in [0.1, 0.15) is 0 Å². The zero-order valence-corrected chi connectivity index (χ0v) is 8.20. The first-order valence-electron chi connectivity index (χ1n) is 4.73. The van der Waals surface area contributed by atoms with Crippen LogP contribution in [-0.4, -0.2) is 46.2 Å². The Morgan fingerprint density at radius 3 is 3.00 bits per heavy atom. The predicted molar refractivity (Wildman–Crippen MR) is 49.6 cm³/mol. The van der Waals surface area contributed by atoms with E-state index in [2.05, 4.69) is 0 Å². The van der Waals surface area contributed by atoms with Gasteiger partial charge < -0.3 is 19.9 Å². The highest BCUT2D eigenvalue weighted by molar-refractivity contribution is 4.64. The average Bonchev–Trinajstić information content (AvgIpc) is 2.57. The summed E-state index contributed by atoms with van der Waals surface area (Å²) in [5, 5.41) is 0. The van der Waals surface area contributed by atoms with Crippen molar-refractivity contribution in [2.24, 2.45) is 11.7 Å². The quantitative estimate of drug-likeness (QED) is 0.639. The molecule has 0 aromatic carbocycles. The fraction of sp³-hybridized carbons (Fsp3) is 1.00. The van der Waals surface area contributed by atoms with Crippen molar-refractivity contribution in [2.45, 2.75) is 12.5 Å². The van der Waals surface area contributed by atoms with Crippen LogP contribution in [0.1, 0.15) is 6.42 Å². The molecule has 1 fully saturated rings. The molecule has 2 atom stereocenters. The molecule has 0 aromatic heterocycles. The lowest BCUT2D eigenvalue weighted by Crippen LogP contribution is -2.31. The van der Waals surface area contributed by atoms with Crippen LogP contribution < -0.4 is 5.73 Å². The van der Waals surface area contributed by atoms with E-state index in [9.17, 15) is 0 Å². The van der Waals surface area contributed by atoms with Gasteiger partial charge in [-0.25, -0.2) is 0 Å². The van der Waals surface area contributed by atoms with Gasteiger partial charge in [0.05, 0.1) is 32.5 Å². The summed E-state index contributed by atoms with van der Waals surface area (Å²) in [5.74, 6) is 0.565. The molecule has 1 aliphatic rings. The van der Waals surface area contributed by atoms with Gasteiger partial charge in [-0.15, -0.1) is 0 Å². The van der Waals surface area contributed by atoms with Crippen LogP contribution >= 0.6 is 0 Å². The molecule has 0 radical (unpaired) electrons. The lowest BCUT2D eigenvalue weighted by Gasteiger charge is -2.13. The van der Waals surface area contributed by atoms with Crippen LogP contribution in [0.15, 0.2) is 0 Å². The summed E-state index contributed by atoms with van der Waals surface area (Å²) in [6.45, 7) is 3.60. The minimum Gasteiger partial charge on any atom is -0.383 e. The summed E-state index contributed by atoms with van der Waals surface area (Å²) in [6.07, 6.45) is 1.11. The van der Waals surface area contributed by atoms with Gasteiger partial charge >= 0.3 is 0 Å². The maximum absolute atomic E-state index is 5.69. The summed E-state index contributed by atoms with van der Waals surface area (Å²) in [7, 11) is 1.64. The molecule has 0 aliphatic carbocycles. The van der Waals surface area contributed by atoms with E-state index in [1.807, 2.05) is 0 Å². The van der Waals surface area contributed by atoms with Gasteiger partial charge in [-0.3, -0.25) is 0 Å². The largest absolute Gasteiger partial charge is 0.383 e. The van der Waals surface area contributed by atoms with Gasteiger partial charge in [0, 0.05) is 19.6 Å². The highest BCUT2D eigenvalue weighted by Gasteiger charge is 2.15. The molecule has 13 heavy (non-hydrogen) atoms. The van der Waals surface area contributed by atoms with Gasteiger partial charge in [-0.2, -0.15) is 0 Å². The van der Waals surface area contributed by atoms with E-state index in [0.29, 0.717) is 19.1 Å². The molecule has 0 saturated carbocycles. The van der Waals surface area contributed by atoms with E-state index in [0.717, 1.165) is 26.2 Å². The molecule has 0 spiro atoms. The molecule has 0 amide bonds. The summed E-state index contributed by atoms with van der Waals surface area (Å²) in [4.78, 5) is 0. The summed E-state index contributed by atoms with van der Waals surface area (Å²) in [6, 6.07) is -0.00711. The van der Waals surface area contributed by atoms with Crippen molar-refractivity contribution in [2.75, 3.05) is 40.1 Å². The molecule has 1 rings (SSSR count). The molecule has 0 aromatic rings. The molecule has 4 heteroatoms. The zero-order valence-electron chi connectivity index (χ0n) is 8.20. The van der Waals surface area contributed by atoms with Crippen LogP contribution in [-0.2, 0) is 14.2 Å². The molecule has 1 aliphatic heterocycles. The van der Waals surface area contributed by atoms with E-state index in [-0.39, 0.29) is 6.04 Å². The molecule has 2 unspecified atom stereocenters. The summed E-state index contributed by atoms with van der Waals surface area (Å²) < 4.78 is 15.6. The summed E-state index contributed by atoms with van der Waals surface area (Å²) >= 11 is 0. The topological polar surface area (TPSA) is 53.7 Å². The Hall–Kier alpha value is -0.160. The second-order valence-electron chi connectivity index (χ2n) is 3.48. The maximum Gasteiger partial charge on any atom is 0.0640 e.